The van der Waals surface area contributed by atoms with Crippen LogP contribution in [0.1, 0.15) is 0 Å². The van der Waals surface area contributed by atoms with Crippen LogP contribution in [0.5, 0.6) is 0 Å². The maximum Gasteiger partial charge on any atom is 0.265 e. The summed E-state index contributed by atoms with van der Waals surface area (Å²) < 4.78 is 26.5. The van der Waals surface area contributed by atoms with Crippen molar-refractivity contribution in [3.63, 3.8) is 0 Å². The van der Waals surface area contributed by atoms with Gasteiger partial charge < -0.3 is 0 Å². The molecule has 8 heteroatoms. The van der Waals surface area contributed by atoms with Gasteiger partial charge in [-0.1, -0.05) is 0 Å². The number of hydrogen-bond donors (Lipinski definition) is 2. The molecule has 0 aliphatic rings. The Bertz CT molecular complexity index is 565. The van der Waals surface area contributed by atoms with Crippen LogP contribution in [0.25, 0.3) is 0 Å². The fraction of sp³-hybridized carbons (Fsp3) is 0. The first-order valence-corrected chi connectivity index (χ1v) is 6.49. The van der Waals surface area contributed by atoms with E-state index in [2.05, 4.69) is 35.8 Å². The summed E-state index contributed by atoms with van der Waals surface area (Å²) in [5.41, 5.74) is 0.393. The number of aromatic amines is 1. The maximum absolute atomic E-state index is 11.7. The summed E-state index contributed by atoms with van der Waals surface area (Å²) in [6.45, 7) is 0. The summed E-state index contributed by atoms with van der Waals surface area (Å²) in [7, 11) is -3.58. The Kier molecular flexibility index (Phi) is 2.92. The fourth-order valence-corrected chi connectivity index (χ4v) is 2.22. The zero-order valence-corrected chi connectivity index (χ0v) is 10.3. The van der Waals surface area contributed by atoms with Crippen LogP contribution in [0, 0.1) is 0 Å². The zero-order chi connectivity index (χ0) is 11.6. The Morgan fingerprint density at radius 1 is 1.31 bits per heavy atom. The van der Waals surface area contributed by atoms with E-state index in [1.807, 2.05) is 0 Å². The first-order valence-electron chi connectivity index (χ1n) is 4.21. The van der Waals surface area contributed by atoms with Gasteiger partial charge in [-0.25, -0.2) is 13.4 Å². The molecule has 0 aliphatic carbocycles. The molecule has 16 heavy (non-hydrogen) atoms. The van der Waals surface area contributed by atoms with Crippen LogP contribution < -0.4 is 4.72 Å². The van der Waals surface area contributed by atoms with Crippen molar-refractivity contribution in [3.05, 3.63) is 35.3 Å². The highest BCUT2D eigenvalue weighted by molar-refractivity contribution is 9.10. The second-order valence-electron chi connectivity index (χ2n) is 2.91. The van der Waals surface area contributed by atoms with Crippen molar-refractivity contribution < 1.29 is 8.42 Å². The molecular formula is C8H7BrN4O2S. The molecule has 0 atom stereocenters. The summed E-state index contributed by atoms with van der Waals surface area (Å²) in [4.78, 5) is 3.99. The van der Waals surface area contributed by atoms with Crippen LogP contribution in [0.15, 0.2) is 40.2 Å². The third-order valence-corrected chi connectivity index (χ3v) is 3.58. The predicted molar refractivity (Wildman–Crippen MR) is 61.3 cm³/mol. The third kappa shape index (κ3) is 2.39. The van der Waals surface area contributed by atoms with Gasteiger partial charge >= 0.3 is 0 Å². The molecule has 0 saturated heterocycles. The number of rotatable bonds is 3. The van der Waals surface area contributed by atoms with Crippen LogP contribution in [0.4, 0.5) is 5.69 Å². The molecule has 2 aromatic rings. The van der Waals surface area contributed by atoms with E-state index < -0.39 is 10.0 Å². The summed E-state index contributed by atoms with van der Waals surface area (Å²) in [5.74, 6) is 0. The lowest BCUT2D eigenvalue weighted by Gasteiger charge is -2.04. The SMILES string of the molecule is O=S(=O)(Nc1ccc(Br)nc1)c1cn[nH]c1. The number of pyridine rings is 1. The Labute approximate surface area is 100 Å². The average Bonchev–Trinajstić information content (AvgIpc) is 2.75. The third-order valence-electron chi connectivity index (χ3n) is 1.76. The molecule has 0 saturated carbocycles. The Balaban J connectivity index is 2.25. The number of nitrogens with zero attached hydrogens (tertiary/aromatic N) is 2. The van der Waals surface area contributed by atoms with Crippen LogP contribution in [0.2, 0.25) is 0 Å². The molecule has 0 unspecified atom stereocenters. The largest absolute Gasteiger partial charge is 0.284 e. The first-order chi connectivity index (χ1) is 7.58. The molecule has 0 aromatic carbocycles. The molecule has 2 aromatic heterocycles. The summed E-state index contributed by atoms with van der Waals surface area (Å²) in [6.07, 6.45) is 3.95. The van der Waals surface area contributed by atoms with Crippen molar-refractivity contribution in [1.82, 2.24) is 15.2 Å². The van der Waals surface area contributed by atoms with E-state index in [0.717, 1.165) is 0 Å². The van der Waals surface area contributed by atoms with E-state index in [1.54, 1.807) is 12.1 Å². The maximum atomic E-state index is 11.7. The van der Waals surface area contributed by atoms with Gasteiger partial charge in [0, 0.05) is 6.20 Å². The first kappa shape index (κ1) is 11.1. The Hall–Kier alpha value is -1.41. The summed E-state index contributed by atoms with van der Waals surface area (Å²) in [6, 6.07) is 3.25. The van der Waals surface area contributed by atoms with Gasteiger partial charge in [0.05, 0.1) is 18.1 Å². The van der Waals surface area contributed by atoms with Gasteiger partial charge in [-0.3, -0.25) is 9.82 Å². The van der Waals surface area contributed by atoms with E-state index >= 15 is 0 Å². The van der Waals surface area contributed by atoms with Crippen molar-refractivity contribution in [3.8, 4) is 0 Å². The molecule has 2 heterocycles. The van der Waals surface area contributed by atoms with Crippen molar-refractivity contribution in [2.24, 2.45) is 0 Å². The molecule has 0 bridgehead atoms. The summed E-state index contributed by atoms with van der Waals surface area (Å²) >= 11 is 3.16. The van der Waals surface area contributed by atoms with Gasteiger partial charge in [-0.15, -0.1) is 0 Å². The molecule has 0 spiro atoms. The number of sulfonamides is 1. The molecule has 0 amide bonds. The average molecular weight is 303 g/mol. The Morgan fingerprint density at radius 3 is 2.69 bits per heavy atom. The molecule has 0 aliphatic heterocycles. The fourth-order valence-electron chi connectivity index (χ4n) is 1.04. The molecule has 0 fully saturated rings. The van der Waals surface area contributed by atoms with E-state index in [4.69, 9.17) is 0 Å². The van der Waals surface area contributed by atoms with Crippen molar-refractivity contribution in [2.75, 3.05) is 4.72 Å². The van der Waals surface area contributed by atoms with Crippen molar-refractivity contribution in [1.29, 1.82) is 0 Å². The van der Waals surface area contributed by atoms with E-state index in [0.29, 0.717) is 10.3 Å². The molecule has 84 valence electrons. The van der Waals surface area contributed by atoms with Gasteiger partial charge in [-0.05, 0) is 28.1 Å². The van der Waals surface area contributed by atoms with Crippen molar-refractivity contribution >= 4 is 31.6 Å². The van der Waals surface area contributed by atoms with Gasteiger partial charge in [0.1, 0.15) is 9.50 Å². The highest BCUT2D eigenvalue weighted by Gasteiger charge is 2.14. The van der Waals surface area contributed by atoms with Crippen LogP contribution in [0.3, 0.4) is 0 Å². The van der Waals surface area contributed by atoms with E-state index in [1.165, 1.54) is 18.6 Å². The lowest BCUT2D eigenvalue weighted by atomic mass is 10.4. The monoisotopic (exact) mass is 302 g/mol. The van der Waals surface area contributed by atoms with Gasteiger partial charge in [-0.2, -0.15) is 5.10 Å². The minimum atomic E-state index is -3.58. The van der Waals surface area contributed by atoms with Gasteiger partial charge in [0.15, 0.2) is 0 Å². The molecule has 6 nitrogen and oxygen atoms in total. The van der Waals surface area contributed by atoms with Crippen LogP contribution in [-0.4, -0.2) is 23.6 Å². The number of halogens is 1. The molecule has 2 N–H and O–H groups in total. The number of aromatic nitrogens is 3. The normalized spacial score (nSPS) is 11.3. The quantitative estimate of drug-likeness (QED) is 0.838. The standard InChI is InChI=1S/C8H7BrN4O2S/c9-8-2-1-6(3-10-8)13-16(14,15)7-4-11-12-5-7/h1-5,13H,(H,11,12). The Morgan fingerprint density at radius 2 is 2.12 bits per heavy atom. The predicted octanol–water partition coefficient (Wildman–Crippen LogP) is 1.37. The summed E-state index contributed by atoms with van der Waals surface area (Å²) in [5, 5.41) is 6.02. The zero-order valence-electron chi connectivity index (χ0n) is 7.88. The second kappa shape index (κ2) is 4.22. The van der Waals surface area contributed by atoms with E-state index in [-0.39, 0.29) is 4.90 Å². The smallest absolute Gasteiger partial charge is 0.265 e. The van der Waals surface area contributed by atoms with Gasteiger partial charge in [0.25, 0.3) is 10.0 Å². The van der Waals surface area contributed by atoms with Crippen LogP contribution in [-0.2, 0) is 10.0 Å². The lowest BCUT2D eigenvalue weighted by molar-refractivity contribution is 0.601. The van der Waals surface area contributed by atoms with E-state index in [9.17, 15) is 8.42 Å². The lowest BCUT2D eigenvalue weighted by Crippen LogP contribution is -2.12. The topological polar surface area (TPSA) is 87.7 Å². The molecule has 0 radical (unpaired) electrons. The second-order valence-corrected chi connectivity index (χ2v) is 5.40. The number of nitrogens with one attached hydrogen (secondary N) is 2. The number of hydrogen-bond acceptors (Lipinski definition) is 4. The minimum Gasteiger partial charge on any atom is -0.284 e. The van der Waals surface area contributed by atoms with Crippen LogP contribution >= 0.6 is 15.9 Å². The number of H-pyrrole nitrogens is 1. The number of anilines is 1. The highest BCUT2D eigenvalue weighted by Crippen LogP contribution is 2.15. The highest BCUT2D eigenvalue weighted by atomic mass is 79.9. The molecule has 2 rings (SSSR count). The van der Waals surface area contributed by atoms with Crippen molar-refractivity contribution in [2.45, 2.75) is 4.90 Å². The van der Waals surface area contributed by atoms with Gasteiger partial charge in [0.2, 0.25) is 0 Å². The minimum absolute atomic E-state index is 0.0791. The molecular weight excluding hydrogens is 296 g/mol.